The number of rotatable bonds is 4. The van der Waals surface area contributed by atoms with Crippen molar-refractivity contribution in [2.45, 2.75) is 49.7 Å². The molecule has 0 N–H and O–H groups in total. The van der Waals surface area contributed by atoms with Crippen molar-refractivity contribution in [2.24, 2.45) is 0 Å². The summed E-state index contributed by atoms with van der Waals surface area (Å²) in [4.78, 5) is 22.2. The summed E-state index contributed by atoms with van der Waals surface area (Å²) in [6, 6.07) is 12.1. The summed E-state index contributed by atoms with van der Waals surface area (Å²) < 4.78 is 13.7. The second-order valence-corrected chi connectivity index (χ2v) is 8.50. The molecule has 27 heavy (non-hydrogen) atoms. The highest BCUT2D eigenvalue weighted by Crippen LogP contribution is 2.32. The van der Waals surface area contributed by atoms with Crippen molar-refractivity contribution in [3.05, 3.63) is 64.1 Å². The molecule has 140 valence electrons. The fourth-order valence-corrected chi connectivity index (χ4v) is 4.41. The van der Waals surface area contributed by atoms with Gasteiger partial charge in [0.25, 0.3) is 5.56 Å². The van der Waals surface area contributed by atoms with E-state index in [-0.39, 0.29) is 22.7 Å². The number of hydrogen-bond acceptors (Lipinski definition) is 4. The summed E-state index contributed by atoms with van der Waals surface area (Å²) >= 11 is 0. The Morgan fingerprint density at radius 3 is 2.56 bits per heavy atom. The van der Waals surface area contributed by atoms with Crippen LogP contribution in [0.25, 0.3) is 11.0 Å². The van der Waals surface area contributed by atoms with Crippen LogP contribution >= 0.6 is 0 Å². The molecule has 0 spiro atoms. The first-order valence-electron chi connectivity index (χ1n) is 9.37. The molecule has 2 aromatic heterocycles. The average molecular weight is 382 g/mol. The summed E-state index contributed by atoms with van der Waals surface area (Å²) in [7, 11) is -1.28. The van der Waals surface area contributed by atoms with Crippen molar-refractivity contribution in [1.29, 1.82) is 0 Å². The number of fused-ring (bicyclic) bond motifs is 1. The molecule has 2 atom stereocenters. The van der Waals surface area contributed by atoms with Crippen LogP contribution in [0.4, 0.5) is 0 Å². The molecular formula is C21H23N3O2S. The van der Waals surface area contributed by atoms with Gasteiger partial charge in [-0.05, 0) is 24.5 Å². The van der Waals surface area contributed by atoms with Crippen LogP contribution in [0.2, 0.25) is 0 Å². The summed E-state index contributed by atoms with van der Waals surface area (Å²) in [5.41, 5.74) is 2.49. The Hall–Kier alpha value is -2.34. The number of benzene rings is 1. The Balaban J connectivity index is 1.96. The molecule has 0 amide bonds. The van der Waals surface area contributed by atoms with E-state index in [4.69, 9.17) is 0 Å². The maximum atomic E-state index is 13.5. The third-order valence-electron chi connectivity index (χ3n) is 5.49. The van der Waals surface area contributed by atoms with Gasteiger partial charge < -0.3 is 0 Å². The van der Waals surface area contributed by atoms with Crippen LogP contribution in [0.1, 0.15) is 55.7 Å². The van der Waals surface area contributed by atoms with Crippen molar-refractivity contribution < 1.29 is 4.21 Å². The Labute approximate surface area is 160 Å². The lowest BCUT2D eigenvalue weighted by Gasteiger charge is -2.20. The molecule has 3 aromatic rings. The molecule has 1 aromatic carbocycles. The van der Waals surface area contributed by atoms with E-state index in [1.54, 1.807) is 12.5 Å². The standard InChI is InChI=1S/C21H23N3O2S/c1-14(15-8-4-3-5-9-15)18-12-16-13-22-21(27(2)26)23-19(16)24(20(18)25)17-10-6-7-11-17/h3-5,8-9,12-14,17H,6-7,10-11H2,1-2H3. The van der Waals surface area contributed by atoms with Crippen LogP contribution in [0.3, 0.4) is 0 Å². The minimum Gasteiger partial charge on any atom is -0.289 e. The number of pyridine rings is 1. The van der Waals surface area contributed by atoms with Crippen molar-refractivity contribution in [3.8, 4) is 0 Å². The molecule has 1 aliphatic carbocycles. The summed E-state index contributed by atoms with van der Waals surface area (Å²) in [5.74, 6) is -0.0178. The third kappa shape index (κ3) is 3.34. The lowest BCUT2D eigenvalue weighted by molar-refractivity contribution is 0.510. The zero-order valence-electron chi connectivity index (χ0n) is 15.6. The topological polar surface area (TPSA) is 64.8 Å². The van der Waals surface area contributed by atoms with E-state index < -0.39 is 10.8 Å². The number of hydrogen-bond donors (Lipinski definition) is 0. The van der Waals surface area contributed by atoms with Gasteiger partial charge in [0.1, 0.15) is 5.65 Å². The molecule has 1 fully saturated rings. The SMILES string of the molecule is CC(c1ccccc1)c1cc2cnc(S(C)=O)nc2n(C2CCCC2)c1=O. The highest BCUT2D eigenvalue weighted by Gasteiger charge is 2.24. The molecule has 0 radical (unpaired) electrons. The molecule has 0 aliphatic heterocycles. The Bertz CT molecular complexity index is 1060. The number of nitrogens with zero attached hydrogens (tertiary/aromatic N) is 3. The zero-order valence-corrected chi connectivity index (χ0v) is 16.4. The second-order valence-electron chi connectivity index (χ2n) is 7.23. The lowest BCUT2D eigenvalue weighted by atomic mass is 9.93. The molecule has 1 aliphatic rings. The van der Waals surface area contributed by atoms with Crippen LogP contribution < -0.4 is 5.56 Å². The van der Waals surface area contributed by atoms with Crippen LogP contribution in [-0.4, -0.2) is 25.0 Å². The summed E-state index contributed by atoms with van der Waals surface area (Å²) in [5, 5.41) is 1.10. The molecule has 0 bridgehead atoms. The van der Waals surface area contributed by atoms with Crippen LogP contribution in [0.5, 0.6) is 0 Å². The second kappa shape index (κ2) is 7.35. The molecule has 1 saturated carbocycles. The maximum absolute atomic E-state index is 13.5. The molecular weight excluding hydrogens is 358 g/mol. The minimum atomic E-state index is -1.28. The van der Waals surface area contributed by atoms with Gasteiger partial charge in [0.15, 0.2) is 0 Å². The molecule has 4 rings (SSSR count). The van der Waals surface area contributed by atoms with Gasteiger partial charge in [-0.1, -0.05) is 50.1 Å². The highest BCUT2D eigenvalue weighted by atomic mass is 32.2. The van der Waals surface area contributed by atoms with Gasteiger partial charge in [0, 0.05) is 35.4 Å². The molecule has 2 unspecified atom stereocenters. The smallest absolute Gasteiger partial charge is 0.256 e. The van der Waals surface area contributed by atoms with Crippen molar-refractivity contribution in [2.75, 3.05) is 6.26 Å². The van der Waals surface area contributed by atoms with Crippen molar-refractivity contribution in [1.82, 2.24) is 14.5 Å². The Kier molecular flexibility index (Phi) is 4.91. The Morgan fingerprint density at radius 1 is 1.19 bits per heavy atom. The van der Waals surface area contributed by atoms with Gasteiger partial charge >= 0.3 is 0 Å². The van der Waals surface area contributed by atoms with E-state index in [9.17, 15) is 9.00 Å². The van der Waals surface area contributed by atoms with Gasteiger partial charge in [-0.2, -0.15) is 0 Å². The maximum Gasteiger partial charge on any atom is 0.256 e. The fourth-order valence-electron chi connectivity index (χ4n) is 4.00. The monoisotopic (exact) mass is 381 g/mol. The van der Waals surface area contributed by atoms with Crippen molar-refractivity contribution >= 4 is 21.8 Å². The van der Waals surface area contributed by atoms with Gasteiger partial charge in [0.05, 0.1) is 10.8 Å². The first-order chi connectivity index (χ1) is 13.1. The van der Waals surface area contributed by atoms with Crippen molar-refractivity contribution in [3.63, 3.8) is 0 Å². The first kappa shape index (κ1) is 18.0. The fraction of sp³-hybridized carbons (Fsp3) is 0.381. The van der Waals surface area contributed by atoms with Gasteiger partial charge in [-0.3, -0.25) is 13.6 Å². The largest absolute Gasteiger partial charge is 0.289 e. The van der Waals surface area contributed by atoms with E-state index in [1.807, 2.05) is 41.0 Å². The third-order valence-corrected chi connectivity index (χ3v) is 6.20. The Morgan fingerprint density at radius 2 is 1.89 bits per heavy atom. The highest BCUT2D eigenvalue weighted by molar-refractivity contribution is 7.84. The van der Waals surface area contributed by atoms with E-state index >= 15 is 0 Å². The molecule has 2 heterocycles. The predicted octanol–water partition coefficient (Wildman–Crippen LogP) is 3.80. The minimum absolute atomic E-state index is 0.0114. The zero-order chi connectivity index (χ0) is 19.0. The lowest BCUT2D eigenvalue weighted by Crippen LogP contribution is -2.29. The van der Waals surface area contributed by atoms with E-state index in [2.05, 4.69) is 16.9 Å². The first-order valence-corrected chi connectivity index (χ1v) is 10.9. The van der Waals surface area contributed by atoms with Gasteiger partial charge in [-0.25, -0.2) is 9.97 Å². The van der Waals surface area contributed by atoms with E-state index in [0.717, 1.165) is 42.2 Å². The summed E-state index contributed by atoms with van der Waals surface area (Å²) in [6.07, 6.45) is 7.46. The normalized spacial score (nSPS) is 17.3. The quantitative estimate of drug-likeness (QED) is 0.645. The summed E-state index contributed by atoms with van der Waals surface area (Å²) in [6.45, 7) is 2.06. The van der Waals surface area contributed by atoms with E-state index in [0.29, 0.717) is 5.65 Å². The molecule has 0 saturated heterocycles. The van der Waals surface area contributed by atoms with E-state index in [1.165, 1.54) is 0 Å². The average Bonchev–Trinajstić information content (AvgIpc) is 3.21. The molecule has 6 heteroatoms. The van der Waals surface area contributed by atoms with Crippen LogP contribution in [0.15, 0.2) is 52.5 Å². The van der Waals surface area contributed by atoms with Crippen LogP contribution in [-0.2, 0) is 10.8 Å². The van der Waals surface area contributed by atoms with Gasteiger partial charge in [0.2, 0.25) is 5.16 Å². The predicted molar refractivity (Wildman–Crippen MR) is 108 cm³/mol. The van der Waals surface area contributed by atoms with Gasteiger partial charge in [-0.15, -0.1) is 0 Å². The van der Waals surface area contributed by atoms with Crippen LogP contribution in [0, 0.1) is 0 Å². The number of aromatic nitrogens is 3. The molecule has 5 nitrogen and oxygen atoms in total.